The third kappa shape index (κ3) is 2.57. The average Bonchev–Trinajstić information content (AvgIpc) is 2.23. The van der Waals surface area contributed by atoms with Gasteiger partial charge in [-0.15, -0.1) is 6.42 Å². The maximum absolute atomic E-state index is 12.4. The van der Waals surface area contributed by atoms with Crippen molar-refractivity contribution in [3.63, 3.8) is 0 Å². The van der Waals surface area contributed by atoms with Crippen molar-refractivity contribution in [2.45, 2.75) is 25.7 Å². The van der Waals surface area contributed by atoms with E-state index < -0.39 is 5.82 Å². The maximum Gasteiger partial charge on any atom is 0.125 e. The highest BCUT2D eigenvalue weighted by Gasteiger charge is 2.37. The van der Waals surface area contributed by atoms with Crippen molar-refractivity contribution >= 4 is 11.6 Å². The number of benzene rings is 1. The van der Waals surface area contributed by atoms with E-state index in [9.17, 15) is 4.39 Å². The number of hydrogen-bond acceptors (Lipinski definition) is 0. The summed E-state index contributed by atoms with van der Waals surface area (Å²) in [4.78, 5) is 0. The molecule has 0 amide bonds. The van der Waals surface area contributed by atoms with Crippen molar-refractivity contribution < 1.29 is 4.39 Å². The van der Waals surface area contributed by atoms with Crippen molar-refractivity contribution in [1.82, 2.24) is 0 Å². The number of fused-ring (bicyclic) bond motifs is 1. The normalized spacial score (nSPS) is 25.1. The van der Waals surface area contributed by atoms with Crippen molar-refractivity contribution in [3.8, 4) is 12.3 Å². The van der Waals surface area contributed by atoms with Crippen molar-refractivity contribution in [1.29, 1.82) is 0 Å². The first kappa shape index (κ1) is 11.5. The highest BCUT2D eigenvalue weighted by molar-refractivity contribution is 6.30. The SMILES string of the molecule is C#Cc1cc(F)cc(Cl)c1.C1CC2CCC12. The van der Waals surface area contributed by atoms with E-state index in [4.69, 9.17) is 18.0 Å². The highest BCUT2D eigenvalue weighted by atomic mass is 35.5. The molecule has 2 saturated carbocycles. The quantitative estimate of drug-likeness (QED) is 0.591. The molecular weight excluding hydrogens is 223 g/mol. The molecule has 0 aliphatic heterocycles. The van der Waals surface area contributed by atoms with Crippen molar-refractivity contribution in [2.75, 3.05) is 0 Å². The molecular formula is C14H14ClF. The van der Waals surface area contributed by atoms with Crippen molar-refractivity contribution in [3.05, 3.63) is 34.6 Å². The molecule has 2 aliphatic carbocycles. The summed E-state index contributed by atoms with van der Waals surface area (Å²) in [5.74, 6) is 4.31. The van der Waals surface area contributed by atoms with Gasteiger partial charge in [-0.25, -0.2) is 4.39 Å². The predicted octanol–water partition coefficient (Wildman–Crippen LogP) is 4.27. The Morgan fingerprint density at radius 2 is 1.69 bits per heavy atom. The summed E-state index contributed by atoms with van der Waals surface area (Å²) < 4.78 is 12.4. The molecule has 0 heterocycles. The van der Waals surface area contributed by atoms with Crippen LogP contribution in [0.3, 0.4) is 0 Å². The van der Waals surface area contributed by atoms with Crippen LogP contribution in [0, 0.1) is 30.0 Å². The Morgan fingerprint density at radius 1 is 1.12 bits per heavy atom. The highest BCUT2D eigenvalue weighted by Crippen LogP contribution is 2.49. The van der Waals surface area contributed by atoms with Crippen LogP contribution < -0.4 is 0 Å². The van der Waals surface area contributed by atoms with Gasteiger partial charge in [-0.05, 0) is 55.7 Å². The Morgan fingerprint density at radius 3 is 2.00 bits per heavy atom. The van der Waals surface area contributed by atoms with Gasteiger partial charge in [0.15, 0.2) is 0 Å². The molecule has 84 valence electrons. The van der Waals surface area contributed by atoms with E-state index in [1.807, 2.05) is 0 Å². The Hall–Kier alpha value is -1.00. The smallest absolute Gasteiger partial charge is 0.125 e. The summed E-state index contributed by atoms with van der Waals surface area (Å²) in [6.45, 7) is 0. The van der Waals surface area contributed by atoms with E-state index in [0.717, 1.165) is 0 Å². The zero-order valence-electron chi connectivity index (χ0n) is 9.05. The summed E-state index contributed by atoms with van der Waals surface area (Å²) in [6.07, 6.45) is 11.3. The van der Waals surface area contributed by atoms with Crippen LogP contribution in [0.5, 0.6) is 0 Å². The lowest BCUT2D eigenvalue weighted by molar-refractivity contribution is 0.0548. The lowest BCUT2D eigenvalue weighted by atomic mass is 9.60. The van der Waals surface area contributed by atoms with Crippen LogP contribution in [-0.2, 0) is 0 Å². The van der Waals surface area contributed by atoms with E-state index in [1.165, 1.54) is 30.0 Å². The van der Waals surface area contributed by atoms with Crippen LogP contribution in [0.4, 0.5) is 4.39 Å². The molecule has 2 aliphatic rings. The number of halogens is 2. The van der Waals surface area contributed by atoms with Crippen LogP contribution in [0.2, 0.25) is 5.02 Å². The summed E-state index contributed by atoms with van der Waals surface area (Å²) in [5.41, 5.74) is 0.463. The van der Waals surface area contributed by atoms with Gasteiger partial charge >= 0.3 is 0 Å². The summed E-state index contributed by atoms with van der Waals surface area (Å²) >= 11 is 5.49. The molecule has 0 bridgehead atoms. The maximum atomic E-state index is 12.4. The third-order valence-corrected chi connectivity index (χ3v) is 3.73. The molecule has 0 atom stereocenters. The first-order valence-electron chi connectivity index (χ1n) is 5.62. The Bertz CT molecular complexity index is 381. The summed E-state index contributed by atoms with van der Waals surface area (Å²) in [6, 6.07) is 4.00. The predicted molar refractivity (Wildman–Crippen MR) is 64.8 cm³/mol. The first-order chi connectivity index (χ1) is 7.69. The zero-order chi connectivity index (χ0) is 11.5. The number of hydrogen-bond donors (Lipinski definition) is 0. The summed E-state index contributed by atoms with van der Waals surface area (Å²) in [5, 5.41) is 0.327. The van der Waals surface area contributed by atoms with Gasteiger partial charge in [0.2, 0.25) is 0 Å². The minimum atomic E-state index is -0.402. The molecule has 0 saturated heterocycles. The van der Waals surface area contributed by atoms with Crippen LogP contribution in [-0.4, -0.2) is 0 Å². The van der Waals surface area contributed by atoms with E-state index in [-0.39, 0.29) is 0 Å². The van der Waals surface area contributed by atoms with Crippen LogP contribution >= 0.6 is 11.6 Å². The van der Waals surface area contributed by atoms with Gasteiger partial charge < -0.3 is 0 Å². The van der Waals surface area contributed by atoms with Crippen LogP contribution in [0.25, 0.3) is 0 Å². The minimum Gasteiger partial charge on any atom is -0.207 e. The standard InChI is InChI=1S/C8H4ClF.C6H10/c1-2-6-3-7(9)5-8(10)4-6;1-2-6-4-3-5(1)6/h1,3-5H;5-6H,1-4H2. The lowest BCUT2D eigenvalue weighted by Crippen LogP contribution is -2.34. The molecule has 2 heteroatoms. The molecule has 1 aromatic rings. The summed E-state index contributed by atoms with van der Waals surface area (Å²) in [7, 11) is 0. The van der Waals surface area contributed by atoms with Gasteiger partial charge in [-0.1, -0.05) is 17.5 Å². The van der Waals surface area contributed by atoms with Gasteiger partial charge in [0.1, 0.15) is 5.82 Å². The largest absolute Gasteiger partial charge is 0.207 e. The number of terminal acetylenes is 1. The Labute approximate surface area is 101 Å². The molecule has 0 nitrogen and oxygen atoms in total. The molecule has 16 heavy (non-hydrogen) atoms. The average molecular weight is 237 g/mol. The second-order valence-corrected chi connectivity index (χ2v) is 4.91. The fraction of sp³-hybridized carbons (Fsp3) is 0.429. The molecule has 1 aromatic carbocycles. The van der Waals surface area contributed by atoms with Crippen LogP contribution in [0.1, 0.15) is 31.2 Å². The Kier molecular flexibility index (Phi) is 3.51. The zero-order valence-corrected chi connectivity index (χ0v) is 9.80. The van der Waals surface area contributed by atoms with Crippen LogP contribution in [0.15, 0.2) is 18.2 Å². The van der Waals surface area contributed by atoms with E-state index in [2.05, 4.69) is 5.92 Å². The van der Waals surface area contributed by atoms with E-state index >= 15 is 0 Å². The van der Waals surface area contributed by atoms with Gasteiger partial charge in [0, 0.05) is 10.6 Å². The fourth-order valence-electron chi connectivity index (χ4n) is 2.20. The minimum absolute atomic E-state index is 0.327. The first-order valence-corrected chi connectivity index (χ1v) is 5.99. The molecule has 0 radical (unpaired) electrons. The monoisotopic (exact) mass is 236 g/mol. The fourth-order valence-corrected chi connectivity index (χ4v) is 2.42. The van der Waals surface area contributed by atoms with Gasteiger partial charge in [-0.3, -0.25) is 0 Å². The second kappa shape index (κ2) is 4.89. The molecule has 0 N–H and O–H groups in total. The van der Waals surface area contributed by atoms with Gasteiger partial charge in [0.25, 0.3) is 0 Å². The second-order valence-electron chi connectivity index (χ2n) is 4.48. The molecule has 0 spiro atoms. The molecule has 3 rings (SSSR count). The topological polar surface area (TPSA) is 0 Å². The number of rotatable bonds is 0. The third-order valence-electron chi connectivity index (χ3n) is 3.51. The van der Waals surface area contributed by atoms with Gasteiger partial charge in [0.05, 0.1) is 0 Å². The van der Waals surface area contributed by atoms with E-state index in [0.29, 0.717) is 10.6 Å². The molecule has 0 unspecified atom stereocenters. The Balaban J connectivity index is 0.000000134. The molecule has 0 aromatic heterocycles. The van der Waals surface area contributed by atoms with Crippen molar-refractivity contribution in [2.24, 2.45) is 11.8 Å². The van der Waals surface area contributed by atoms with E-state index in [1.54, 1.807) is 25.7 Å². The molecule has 2 fully saturated rings. The van der Waals surface area contributed by atoms with Gasteiger partial charge in [-0.2, -0.15) is 0 Å². The lowest BCUT2D eigenvalue weighted by Gasteiger charge is -2.46.